The van der Waals surface area contributed by atoms with Crippen molar-refractivity contribution in [3.8, 4) is 6.07 Å². The number of hydrogen-bond acceptors (Lipinski definition) is 3. The quantitative estimate of drug-likeness (QED) is 0.864. The van der Waals surface area contributed by atoms with Crippen LogP contribution in [0.25, 0.3) is 0 Å². The number of hydrogen-bond donors (Lipinski definition) is 0. The first-order valence-electron chi connectivity index (χ1n) is 5.56. The van der Waals surface area contributed by atoms with Gasteiger partial charge in [-0.15, -0.1) is 0 Å². The first kappa shape index (κ1) is 12.7. The van der Waals surface area contributed by atoms with E-state index in [2.05, 4.69) is 22.0 Å². The van der Waals surface area contributed by atoms with Gasteiger partial charge in [-0.25, -0.2) is 0 Å². The largest absolute Gasteiger partial charge is 0.464 e. The smallest absolute Gasteiger partial charge is 0.123 e. The maximum atomic E-state index is 9.11. The second kappa shape index (κ2) is 5.28. The number of furan rings is 1. The van der Waals surface area contributed by atoms with Crippen LogP contribution in [0.1, 0.15) is 17.1 Å². The summed E-state index contributed by atoms with van der Waals surface area (Å²) in [6, 6.07) is 11.7. The van der Waals surface area contributed by atoms with Crippen molar-refractivity contribution in [3.63, 3.8) is 0 Å². The molecule has 1 heterocycles. The Morgan fingerprint density at radius 3 is 2.72 bits per heavy atom. The Kier molecular flexibility index (Phi) is 3.73. The minimum atomic E-state index is 0.638. The number of rotatable bonds is 3. The van der Waals surface area contributed by atoms with Crippen molar-refractivity contribution in [2.75, 3.05) is 11.9 Å². The zero-order valence-corrected chi connectivity index (χ0v) is 11.9. The van der Waals surface area contributed by atoms with Crippen molar-refractivity contribution >= 4 is 21.6 Å². The fourth-order valence-corrected chi connectivity index (χ4v) is 2.15. The molecule has 0 fully saturated rings. The summed E-state index contributed by atoms with van der Waals surface area (Å²) in [7, 11) is 1.94. The first-order chi connectivity index (χ1) is 8.60. The van der Waals surface area contributed by atoms with Gasteiger partial charge in [0.05, 0.1) is 17.8 Å². The molecule has 2 rings (SSSR count). The predicted molar refractivity (Wildman–Crippen MR) is 74.4 cm³/mol. The van der Waals surface area contributed by atoms with E-state index in [1.807, 2.05) is 49.2 Å². The van der Waals surface area contributed by atoms with Crippen molar-refractivity contribution in [2.45, 2.75) is 13.5 Å². The van der Waals surface area contributed by atoms with Crippen LogP contribution in [0.3, 0.4) is 0 Å². The Morgan fingerprint density at radius 2 is 2.11 bits per heavy atom. The number of anilines is 1. The zero-order valence-electron chi connectivity index (χ0n) is 10.3. The van der Waals surface area contributed by atoms with Crippen LogP contribution in [0.15, 0.2) is 39.2 Å². The normalized spacial score (nSPS) is 10.1. The predicted octanol–water partition coefficient (Wildman–Crippen LogP) is 3.86. The molecule has 18 heavy (non-hydrogen) atoms. The zero-order chi connectivity index (χ0) is 13.1. The van der Waals surface area contributed by atoms with E-state index >= 15 is 0 Å². The third-order valence-corrected chi connectivity index (χ3v) is 3.17. The molecule has 0 aliphatic carbocycles. The molecule has 3 nitrogen and oxygen atoms in total. The summed E-state index contributed by atoms with van der Waals surface area (Å²) in [5, 5.41) is 9.11. The minimum absolute atomic E-state index is 0.638. The third-order valence-electron chi connectivity index (χ3n) is 2.68. The molecule has 4 heteroatoms. The van der Waals surface area contributed by atoms with Crippen molar-refractivity contribution in [1.29, 1.82) is 5.26 Å². The molecule has 2 aromatic rings. The number of nitrogens with zero attached hydrogens (tertiary/aromatic N) is 2. The van der Waals surface area contributed by atoms with Gasteiger partial charge in [0.2, 0.25) is 0 Å². The van der Waals surface area contributed by atoms with Gasteiger partial charge in [-0.3, -0.25) is 0 Å². The number of aryl methyl sites for hydroxylation is 1. The summed E-state index contributed by atoms with van der Waals surface area (Å²) in [6.07, 6.45) is 0. The van der Waals surface area contributed by atoms with E-state index in [0.717, 1.165) is 21.7 Å². The fraction of sp³-hybridized carbons (Fsp3) is 0.214. The van der Waals surface area contributed by atoms with Gasteiger partial charge in [0, 0.05) is 11.5 Å². The molecule has 0 amide bonds. The van der Waals surface area contributed by atoms with E-state index in [9.17, 15) is 0 Å². The number of benzene rings is 1. The highest BCUT2D eigenvalue weighted by Gasteiger charge is 2.10. The van der Waals surface area contributed by atoms with E-state index in [-0.39, 0.29) is 0 Å². The highest BCUT2D eigenvalue weighted by molar-refractivity contribution is 9.10. The maximum Gasteiger partial charge on any atom is 0.123 e. The summed E-state index contributed by atoms with van der Waals surface area (Å²) >= 11 is 3.42. The summed E-state index contributed by atoms with van der Waals surface area (Å²) in [5.74, 6) is 1.78. The van der Waals surface area contributed by atoms with E-state index < -0.39 is 0 Å². The van der Waals surface area contributed by atoms with Gasteiger partial charge in [0.15, 0.2) is 0 Å². The van der Waals surface area contributed by atoms with Gasteiger partial charge in [-0.1, -0.05) is 15.9 Å². The number of halogens is 1. The van der Waals surface area contributed by atoms with Gasteiger partial charge in [0.25, 0.3) is 0 Å². The van der Waals surface area contributed by atoms with E-state index in [0.29, 0.717) is 12.1 Å². The lowest BCUT2D eigenvalue weighted by molar-refractivity contribution is 0.482. The Bertz CT molecular complexity index is 598. The van der Waals surface area contributed by atoms with Gasteiger partial charge in [-0.05, 0) is 37.3 Å². The molecular formula is C14H13BrN2O. The molecule has 0 saturated carbocycles. The highest BCUT2D eigenvalue weighted by Crippen LogP contribution is 2.25. The summed E-state index contributed by atoms with van der Waals surface area (Å²) < 4.78 is 6.50. The average molecular weight is 305 g/mol. The summed E-state index contributed by atoms with van der Waals surface area (Å²) in [6.45, 7) is 2.56. The summed E-state index contributed by atoms with van der Waals surface area (Å²) in [4.78, 5) is 2.00. The Hall–Kier alpha value is -1.73. The molecular weight excluding hydrogens is 292 g/mol. The van der Waals surface area contributed by atoms with Gasteiger partial charge in [0.1, 0.15) is 17.6 Å². The minimum Gasteiger partial charge on any atom is -0.464 e. The van der Waals surface area contributed by atoms with E-state index in [1.54, 1.807) is 0 Å². The Morgan fingerprint density at radius 1 is 1.33 bits per heavy atom. The first-order valence-corrected chi connectivity index (χ1v) is 6.35. The summed E-state index contributed by atoms with van der Waals surface area (Å²) in [5.41, 5.74) is 1.55. The lowest BCUT2D eigenvalue weighted by atomic mass is 10.2. The molecule has 0 N–H and O–H groups in total. The molecule has 0 bridgehead atoms. The van der Waals surface area contributed by atoms with Crippen molar-refractivity contribution < 1.29 is 4.42 Å². The van der Waals surface area contributed by atoms with Crippen LogP contribution in [-0.2, 0) is 6.54 Å². The van der Waals surface area contributed by atoms with Crippen molar-refractivity contribution in [1.82, 2.24) is 0 Å². The average Bonchev–Trinajstić information content (AvgIpc) is 2.74. The molecule has 0 aliphatic heterocycles. The third kappa shape index (κ3) is 2.74. The SMILES string of the molecule is Cc1ccc(CN(C)c2cc(Br)ccc2C#N)o1. The second-order valence-electron chi connectivity index (χ2n) is 4.14. The van der Waals surface area contributed by atoms with Crippen molar-refractivity contribution in [3.05, 3.63) is 51.9 Å². The van der Waals surface area contributed by atoms with Crippen LogP contribution in [0.4, 0.5) is 5.69 Å². The van der Waals surface area contributed by atoms with Gasteiger partial charge >= 0.3 is 0 Å². The van der Waals surface area contributed by atoms with Crippen LogP contribution in [0.5, 0.6) is 0 Å². The molecule has 0 spiro atoms. The molecule has 1 aromatic carbocycles. The highest BCUT2D eigenvalue weighted by atomic mass is 79.9. The maximum absolute atomic E-state index is 9.11. The molecule has 92 valence electrons. The Labute approximate surface area is 115 Å². The van der Waals surface area contributed by atoms with Crippen LogP contribution in [0, 0.1) is 18.3 Å². The molecule has 0 unspecified atom stereocenters. The van der Waals surface area contributed by atoms with E-state index in [1.165, 1.54) is 0 Å². The Balaban J connectivity index is 2.26. The lowest BCUT2D eigenvalue weighted by Crippen LogP contribution is -2.17. The van der Waals surface area contributed by atoms with E-state index in [4.69, 9.17) is 9.68 Å². The lowest BCUT2D eigenvalue weighted by Gasteiger charge is -2.19. The van der Waals surface area contributed by atoms with Crippen LogP contribution in [-0.4, -0.2) is 7.05 Å². The van der Waals surface area contributed by atoms with Crippen LogP contribution < -0.4 is 4.90 Å². The second-order valence-corrected chi connectivity index (χ2v) is 5.06. The fourth-order valence-electron chi connectivity index (χ4n) is 1.80. The van der Waals surface area contributed by atoms with Gasteiger partial charge in [-0.2, -0.15) is 5.26 Å². The van der Waals surface area contributed by atoms with Gasteiger partial charge < -0.3 is 9.32 Å². The van der Waals surface area contributed by atoms with Crippen LogP contribution >= 0.6 is 15.9 Å². The van der Waals surface area contributed by atoms with Crippen molar-refractivity contribution in [2.24, 2.45) is 0 Å². The molecule has 0 atom stereocenters. The molecule has 0 saturated heterocycles. The molecule has 1 aromatic heterocycles. The molecule has 0 radical (unpaired) electrons. The standard InChI is InChI=1S/C14H13BrN2O/c1-10-3-6-13(18-10)9-17(2)14-7-12(15)5-4-11(14)8-16/h3-7H,9H2,1-2H3. The monoisotopic (exact) mass is 304 g/mol. The molecule has 0 aliphatic rings. The van der Waals surface area contributed by atoms with Crippen LogP contribution in [0.2, 0.25) is 0 Å². The topological polar surface area (TPSA) is 40.2 Å². The number of nitriles is 1.